The summed E-state index contributed by atoms with van der Waals surface area (Å²) in [5.74, 6) is -2.38. The Labute approximate surface area is 187 Å². The van der Waals surface area contributed by atoms with Crippen molar-refractivity contribution in [1.29, 1.82) is 0 Å². The third-order valence-corrected chi connectivity index (χ3v) is 6.05. The molecule has 0 bridgehead atoms. The summed E-state index contributed by atoms with van der Waals surface area (Å²) < 4.78 is 51.9. The molecule has 1 saturated heterocycles. The fraction of sp³-hybridized carbons (Fsp3) is 0.480. The molecule has 2 fully saturated rings. The van der Waals surface area contributed by atoms with Crippen LogP contribution < -0.4 is 14.4 Å². The standard InChI is InChI=1S/C25H29F3N2O2/c1-16(2)10-17(3)18-4-6-20(7-5-18)32-21-8-9-30(14-21)24-23(26)11-22(13-29-24)31-15-19-12-25(19,27)28/h4-7,11,13,17,19,21H,1,8-10,12,14-15H2,2-3H3/t17-,19?,21?/m1/s1. The van der Waals surface area contributed by atoms with Gasteiger partial charge in [-0.1, -0.05) is 24.6 Å². The lowest BCUT2D eigenvalue weighted by Gasteiger charge is -2.19. The van der Waals surface area contributed by atoms with Gasteiger partial charge < -0.3 is 14.4 Å². The van der Waals surface area contributed by atoms with Crippen molar-refractivity contribution in [2.24, 2.45) is 5.92 Å². The monoisotopic (exact) mass is 446 g/mol. The number of allylic oxidation sites excluding steroid dienone is 1. The average Bonchev–Trinajstić information content (AvgIpc) is 3.11. The number of pyridine rings is 1. The average molecular weight is 447 g/mol. The second-order valence-corrected chi connectivity index (χ2v) is 9.06. The summed E-state index contributed by atoms with van der Waals surface area (Å²) in [5, 5.41) is 0. The van der Waals surface area contributed by atoms with Gasteiger partial charge in [0.15, 0.2) is 11.6 Å². The van der Waals surface area contributed by atoms with Gasteiger partial charge in [-0.2, -0.15) is 0 Å². The predicted molar refractivity (Wildman–Crippen MR) is 118 cm³/mol. The molecule has 1 aliphatic carbocycles. The summed E-state index contributed by atoms with van der Waals surface area (Å²) in [6.45, 7) is 9.21. The molecule has 3 atom stereocenters. The largest absolute Gasteiger partial charge is 0.491 e. The van der Waals surface area contributed by atoms with E-state index < -0.39 is 17.7 Å². The number of nitrogens with zero attached hydrogens (tertiary/aromatic N) is 2. The molecule has 4 nitrogen and oxygen atoms in total. The smallest absolute Gasteiger partial charge is 0.255 e. The molecule has 2 unspecified atom stereocenters. The van der Waals surface area contributed by atoms with E-state index >= 15 is 0 Å². The van der Waals surface area contributed by atoms with Gasteiger partial charge in [0.05, 0.1) is 25.3 Å². The van der Waals surface area contributed by atoms with Crippen molar-refractivity contribution in [2.75, 3.05) is 24.6 Å². The third kappa shape index (κ3) is 5.37. The van der Waals surface area contributed by atoms with Gasteiger partial charge in [0.1, 0.15) is 17.6 Å². The van der Waals surface area contributed by atoms with Gasteiger partial charge in [0.2, 0.25) is 0 Å². The molecule has 2 aromatic rings. The summed E-state index contributed by atoms with van der Waals surface area (Å²) in [6, 6.07) is 9.31. The number of alkyl halides is 2. The van der Waals surface area contributed by atoms with Crippen molar-refractivity contribution in [3.8, 4) is 11.5 Å². The van der Waals surface area contributed by atoms with Crippen LogP contribution in [0.1, 0.15) is 44.6 Å². The Morgan fingerprint density at radius 1 is 1.28 bits per heavy atom. The minimum absolute atomic E-state index is 0.0667. The summed E-state index contributed by atoms with van der Waals surface area (Å²) in [7, 11) is 0. The summed E-state index contributed by atoms with van der Waals surface area (Å²) in [4.78, 5) is 6.00. The molecule has 0 amide bonds. The van der Waals surface area contributed by atoms with Crippen LogP contribution >= 0.6 is 0 Å². The van der Waals surface area contributed by atoms with Crippen molar-refractivity contribution in [1.82, 2.24) is 4.98 Å². The Bertz CT molecular complexity index is 964. The molecule has 0 spiro atoms. The molecular formula is C25H29F3N2O2. The summed E-state index contributed by atoms with van der Waals surface area (Å²) in [5.41, 5.74) is 2.40. The quantitative estimate of drug-likeness (QED) is 0.444. The second-order valence-electron chi connectivity index (χ2n) is 9.06. The SMILES string of the molecule is C=C(C)C[C@@H](C)c1ccc(OC2CCN(c3ncc(OCC4CC4(F)F)cc3F)C2)cc1. The van der Waals surface area contributed by atoms with Crippen LogP contribution in [0.4, 0.5) is 19.0 Å². The Morgan fingerprint density at radius 2 is 2.00 bits per heavy atom. The Hall–Kier alpha value is -2.70. The van der Waals surface area contributed by atoms with E-state index in [0.29, 0.717) is 19.0 Å². The number of rotatable bonds is 9. The zero-order chi connectivity index (χ0) is 22.9. The van der Waals surface area contributed by atoms with E-state index in [1.54, 1.807) is 0 Å². The summed E-state index contributed by atoms with van der Waals surface area (Å²) >= 11 is 0. The number of benzene rings is 1. The minimum atomic E-state index is -2.65. The lowest BCUT2D eigenvalue weighted by molar-refractivity contribution is 0.0855. The molecular weight excluding hydrogens is 417 g/mol. The molecule has 1 saturated carbocycles. The number of hydrogen-bond acceptors (Lipinski definition) is 4. The van der Waals surface area contributed by atoms with Crippen LogP contribution in [0.5, 0.6) is 11.5 Å². The molecule has 4 rings (SSSR count). The molecule has 2 heterocycles. The van der Waals surface area contributed by atoms with Gasteiger partial charge in [0.25, 0.3) is 5.92 Å². The fourth-order valence-electron chi connectivity index (χ4n) is 4.10. The van der Waals surface area contributed by atoms with Crippen molar-refractivity contribution in [3.05, 3.63) is 60.1 Å². The highest BCUT2D eigenvalue weighted by Crippen LogP contribution is 2.48. The maximum atomic E-state index is 14.6. The van der Waals surface area contributed by atoms with Crippen LogP contribution in [0.15, 0.2) is 48.7 Å². The first-order chi connectivity index (χ1) is 15.2. The van der Waals surface area contributed by atoms with Gasteiger partial charge in [-0.15, -0.1) is 6.58 Å². The number of anilines is 1. The topological polar surface area (TPSA) is 34.6 Å². The Balaban J connectivity index is 1.30. The molecule has 32 heavy (non-hydrogen) atoms. The van der Waals surface area contributed by atoms with Crippen LogP contribution in [0, 0.1) is 11.7 Å². The molecule has 2 aliphatic rings. The van der Waals surface area contributed by atoms with Crippen molar-refractivity contribution >= 4 is 5.82 Å². The van der Waals surface area contributed by atoms with E-state index in [1.165, 1.54) is 17.8 Å². The number of hydrogen-bond donors (Lipinski definition) is 0. The lowest BCUT2D eigenvalue weighted by atomic mass is 9.95. The molecule has 7 heteroatoms. The van der Waals surface area contributed by atoms with Crippen LogP contribution in [-0.2, 0) is 0 Å². The van der Waals surface area contributed by atoms with Crippen LogP contribution in [0.2, 0.25) is 0 Å². The number of ether oxygens (including phenoxy) is 2. The Morgan fingerprint density at radius 3 is 2.62 bits per heavy atom. The molecule has 1 aromatic carbocycles. The molecule has 172 valence electrons. The van der Waals surface area contributed by atoms with Crippen molar-refractivity contribution in [3.63, 3.8) is 0 Å². The third-order valence-electron chi connectivity index (χ3n) is 6.05. The first-order valence-corrected chi connectivity index (χ1v) is 11.0. The normalized spacial score (nSPS) is 22.5. The van der Waals surface area contributed by atoms with Crippen molar-refractivity contribution in [2.45, 2.75) is 51.1 Å². The lowest BCUT2D eigenvalue weighted by Crippen LogP contribution is -2.26. The van der Waals surface area contributed by atoms with E-state index in [0.717, 1.165) is 24.2 Å². The van der Waals surface area contributed by atoms with Crippen LogP contribution in [0.3, 0.4) is 0 Å². The summed E-state index contributed by atoms with van der Waals surface area (Å²) in [6.07, 6.45) is 2.85. The van der Waals surface area contributed by atoms with E-state index in [4.69, 9.17) is 9.47 Å². The zero-order valence-corrected chi connectivity index (χ0v) is 18.5. The first-order valence-electron chi connectivity index (χ1n) is 11.0. The predicted octanol–water partition coefficient (Wildman–Crippen LogP) is 5.98. The number of halogens is 3. The maximum absolute atomic E-state index is 14.6. The van der Waals surface area contributed by atoms with E-state index in [2.05, 4.69) is 30.6 Å². The van der Waals surface area contributed by atoms with Gasteiger partial charge in [-0.25, -0.2) is 18.2 Å². The first kappa shape index (κ1) is 22.5. The second kappa shape index (κ2) is 9.04. The Kier molecular flexibility index (Phi) is 6.35. The van der Waals surface area contributed by atoms with Crippen LogP contribution in [0.25, 0.3) is 0 Å². The molecule has 0 N–H and O–H groups in total. The van der Waals surface area contributed by atoms with E-state index in [9.17, 15) is 13.2 Å². The molecule has 0 radical (unpaired) electrons. The van der Waals surface area contributed by atoms with Crippen LogP contribution in [-0.4, -0.2) is 36.7 Å². The highest BCUT2D eigenvalue weighted by molar-refractivity contribution is 5.44. The van der Waals surface area contributed by atoms with E-state index in [-0.39, 0.29) is 30.7 Å². The molecule has 1 aliphatic heterocycles. The molecule has 1 aromatic heterocycles. The minimum Gasteiger partial charge on any atom is -0.491 e. The fourth-order valence-corrected chi connectivity index (χ4v) is 4.10. The highest BCUT2D eigenvalue weighted by Gasteiger charge is 2.57. The van der Waals surface area contributed by atoms with Gasteiger partial charge in [-0.3, -0.25) is 0 Å². The van der Waals surface area contributed by atoms with E-state index in [1.807, 2.05) is 24.0 Å². The van der Waals surface area contributed by atoms with Gasteiger partial charge >= 0.3 is 0 Å². The van der Waals surface area contributed by atoms with Gasteiger partial charge in [-0.05, 0) is 37.0 Å². The number of aromatic nitrogens is 1. The van der Waals surface area contributed by atoms with Crippen molar-refractivity contribution < 1.29 is 22.6 Å². The van der Waals surface area contributed by atoms with Gasteiger partial charge in [0, 0.05) is 25.5 Å². The zero-order valence-electron chi connectivity index (χ0n) is 18.5. The maximum Gasteiger partial charge on any atom is 0.255 e. The highest BCUT2D eigenvalue weighted by atomic mass is 19.3.